The number of ether oxygens (including phenoxy) is 1. The van der Waals surface area contributed by atoms with E-state index in [2.05, 4.69) is 30.8 Å². The van der Waals surface area contributed by atoms with Gasteiger partial charge in [0.15, 0.2) is 0 Å². The lowest BCUT2D eigenvalue weighted by Gasteiger charge is -2.35. The second-order valence-corrected chi connectivity index (χ2v) is 6.98. The highest BCUT2D eigenvalue weighted by Gasteiger charge is 2.25. The number of rotatable bonds is 2. The van der Waals surface area contributed by atoms with Crippen molar-refractivity contribution in [3.63, 3.8) is 0 Å². The normalized spacial score (nSPS) is 16.9. The van der Waals surface area contributed by atoms with Crippen LogP contribution in [0, 0.1) is 0 Å². The van der Waals surface area contributed by atoms with Crippen LogP contribution in [-0.2, 0) is 11.3 Å². The second kappa shape index (κ2) is 6.70. The molecule has 1 amide bonds. The van der Waals surface area contributed by atoms with E-state index in [4.69, 9.17) is 4.74 Å². The Bertz CT molecular complexity index is 479. The van der Waals surface area contributed by atoms with E-state index in [1.807, 2.05) is 20.8 Å². The summed E-state index contributed by atoms with van der Waals surface area (Å²) in [5.41, 5.74) is -0.445. The van der Waals surface area contributed by atoms with E-state index in [9.17, 15) is 4.79 Å². The first-order valence-electron chi connectivity index (χ1n) is 7.00. The molecule has 2 rings (SSSR count). The zero-order valence-corrected chi connectivity index (χ0v) is 14.3. The lowest BCUT2D eigenvalue weighted by molar-refractivity contribution is 0.0137. The lowest BCUT2D eigenvalue weighted by Crippen LogP contribution is -2.49. The van der Waals surface area contributed by atoms with Gasteiger partial charge in [-0.1, -0.05) is 0 Å². The van der Waals surface area contributed by atoms with Crippen LogP contribution in [0.5, 0.6) is 0 Å². The van der Waals surface area contributed by atoms with Crippen molar-refractivity contribution in [1.29, 1.82) is 0 Å². The van der Waals surface area contributed by atoms with Gasteiger partial charge >= 0.3 is 6.09 Å². The van der Waals surface area contributed by atoms with Gasteiger partial charge in [-0.25, -0.2) is 14.8 Å². The summed E-state index contributed by atoms with van der Waals surface area (Å²) in [6.45, 7) is 9.30. The van der Waals surface area contributed by atoms with E-state index < -0.39 is 5.60 Å². The summed E-state index contributed by atoms with van der Waals surface area (Å²) >= 11 is 3.32. The number of halogens is 1. The SMILES string of the molecule is CC(C)(C)OC(=O)N1CCN(Cc2ncc(Br)cn2)CC1. The van der Waals surface area contributed by atoms with E-state index >= 15 is 0 Å². The molecule has 0 aliphatic carbocycles. The Kier molecular flexibility index (Phi) is 5.16. The van der Waals surface area contributed by atoms with Gasteiger partial charge < -0.3 is 9.64 Å². The van der Waals surface area contributed by atoms with Gasteiger partial charge in [-0.05, 0) is 36.7 Å². The summed E-state index contributed by atoms with van der Waals surface area (Å²) in [4.78, 5) is 24.5. The van der Waals surface area contributed by atoms with Crippen molar-refractivity contribution in [3.05, 3.63) is 22.7 Å². The summed E-state index contributed by atoms with van der Waals surface area (Å²) in [6, 6.07) is 0. The number of carbonyl (C=O) groups is 1. The van der Waals surface area contributed by atoms with E-state index in [-0.39, 0.29) is 6.09 Å². The van der Waals surface area contributed by atoms with Crippen LogP contribution in [0.4, 0.5) is 4.79 Å². The summed E-state index contributed by atoms with van der Waals surface area (Å²) < 4.78 is 6.26. The van der Waals surface area contributed by atoms with Crippen LogP contribution in [0.2, 0.25) is 0 Å². The summed E-state index contributed by atoms with van der Waals surface area (Å²) in [6.07, 6.45) is 3.26. The molecule has 0 radical (unpaired) electrons. The highest BCUT2D eigenvalue weighted by atomic mass is 79.9. The largest absolute Gasteiger partial charge is 0.444 e. The van der Waals surface area contributed by atoms with Gasteiger partial charge in [0, 0.05) is 38.6 Å². The molecule has 21 heavy (non-hydrogen) atoms. The van der Waals surface area contributed by atoms with Crippen LogP contribution in [0.3, 0.4) is 0 Å². The second-order valence-electron chi connectivity index (χ2n) is 6.06. The minimum atomic E-state index is -0.445. The number of amides is 1. The maximum atomic E-state index is 12.0. The first-order valence-corrected chi connectivity index (χ1v) is 7.79. The van der Waals surface area contributed by atoms with Gasteiger partial charge in [0.25, 0.3) is 0 Å². The maximum Gasteiger partial charge on any atom is 0.410 e. The Morgan fingerprint density at radius 1 is 1.24 bits per heavy atom. The van der Waals surface area contributed by atoms with E-state index in [1.54, 1.807) is 17.3 Å². The number of aromatic nitrogens is 2. The first kappa shape index (κ1) is 16.2. The summed E-state index contributed by atoms with van der Waals surface area (Å²) in [7, 11) is 0. The molecule has 1 aliphatic rings. The van der Waals surface area contributed by atoms with Gasteiger partial charge in [-0.2, -0.15) is 0 Å². The zero-order valence-electron chi connectivity index (χ0n) is 12.7. The molecule has 1 aromatic rings. The average Bonchev–Trinajstić information content (AvgIpc) is 2.40. The number of hydrogen-bond acceptors (Lipinski definition) is 5. The van der Waals surface area contributed by atoms with Crippen LogP contribution in [0.25, 0.3) is 0 Å². The molecule has 7 heteroatoms. The van der Waals surface area contributed by atoms with Gasteiger partial charge in [-0.15, -0.1) is 0 Å². The molecule has 1 saturated heterocycles. The van der Waals surface area contributed by atoms with E-state index in [1.165, 1.54) is 0 Å². The lowest BCUT2D eigenvalue weighted by atomic mass is 10.2. The third-order valence-electron chi connectivity index (χ3n) is 3.06. The van der Waals surface area contributed by atoms with Crippen molar-refractivity contribution in [2.45, 2.75) is 32.9 Å². The van der Waals surface area contributed by atoms with Gasteiger partial charge in [0.05, 0.1) is 11.0 Å². The topological polar surface area (TPSA) is 58.6 Å². The monoisotopic (exact) mass is 356 g/mol. The third kappa shape index (κ3) is 5.24. The Balaban J connectivity index is 1.80. The molecule has 1 aromatic heterocycles. The van der Waals surface area contributed by atoms with Crippen molar-refractivity contribution in [2.75, 3.05) is 26.2 Å². The van der Waals surface area contributed by atoms with E-state index in [0.29, 0.717) is 19.6 Å². The van der Waals surface area contributed by atoms with Gasteiger partial charge in [-0.3, -0.25) is 4.90 Å². The minimum absolute atomic E-state index is 0.234. The molecular weight excluding hydrogens is 336 g/mol. The van der Waals surface area contributed by atoms with Gasteiger partial charge in [0.2, 0.25) is 0 Å². The predicted octanol–water partition coefficient (Wildman–Crippen LogP) is 2.29. The van der Waals surface area contributed by atoms with Crippen molar-refractivity contribution in [2.24, 2.45) is 0 Å². The Morgan fingerprint density at radius 3 is 2.33 bits per heavy atom. The van der Waals surface area contributed by atoms with Crippen molar-refractivity contribution in [1.82, 2.24) is 19.8 Å². The minimum Gasteiger partial charge on any atom is -0.444 e. The number of hydrogen-bond donors (Lipinski definition) is 0. The smallest absolute Gasteiger partial charge is 0.410 e. The van der Waals surface area contributed by atoms with Crippen LogP contribution < -0.4 is 0 Å². The Morgan fingerprint density at radius 2 is 1.81 bits per heavy atom. The van der Waals surface area contributed by atoms with Gasteiger partial charge in [0.1, 0.15) is 11.4 Å². The zero-order chi connectivity index (χ0) is 15.5. The standard InChI is InChI=1S/C14H21BrN4O2/c1-14(2,3)21-13(20)19-6-4-18(5-7-19)10-12-16-8-11(15)9-17-12/h8-9H,4-7,10H2,1-3H3. The fourth-order valence-electron chi connectivity index (χ4n) is 2.04. The Hall–Kier alpha value is -1.21. The number of nitrogens with zero attached hydrogens (tertiary/aromatic N) is 4. The molecule has 0 atom stereocenters. The first-order chi connectivity index (χ1) is 9.83. The molecule has 0 bridgehead atoms. The molecule has 0 spiro atoms. The quantitative estimate of drug-likeness (QED) is 0.813. The molecule has 1 fully saturated rings. The fourth-order valence-corrected chi connectivity index (χ4v) is 2.24. The van der Waals surface area contributed by atoms with Crippen molar-refractivity contribution in [3.8, 4) is 0 Å². The van der Waals surface area contributed by atoms with E-state index in [0.717, 1.165) is 23.4 Å². The summed E-state index contributed by atoms with van der Waals surface area (Å²) in [5.74, 6) is 0.795. The number of carbonyl (C=O) groups excluding carboxylic acids is 1. The highest BCUT2D eigenvalue weighted by molar-refractivity contribution is 9.10. The van der Waals surface area contributed by atoms with Crippen molar-refractivity contribution < 1.29 is 9.53 Å². The molecule has 6 nitrogen and oxygen atoms in total. The van der Waals surface area contributed by atoms with Crippen molar-refractivity contribution >= 4 is 22.0 Å². The van der Waals surface area contributed by atoms with Crippen LogP contribution in [0.15, 0.2) is 16.9 Å². The molecule has 0 saturated carbocycles. The summed E-state index contributed by atoms with van der Waals surface area (Å²) in [5, 5.41) is 0. The number of piperazine rings is 1. The highest BCUT2D eigenvalue weighted by Crippen LogP contribution is 2.13. The molecule has 2 heterocycles. The van der Waals surface area contributed by atoms with Crippen LogP contribution in [0.1, 0.15) is 26.6 Å². The van der Waals surface area contributed by atoms with Crippen LogP contribution in [-0.4, -0.2) is 57.6 Å². The molecule has 1 aliphatic heterocycles. The predicted molar refractivity (Wildman–Crippen MR) is 82.8 cm³/mol. The third-order valence-corrected chi connectivity index (χ3v) is 3.47. The fraction of sp³-hybridized carbons (Fsp3) is 0.643. The van der Waals surface area contributed by atoms with Crippen LogP contribution >= 0.6 is 15.9 Å². The molecular formula is C14H21BrN4O2. The Labute approximate surface area is 133 Å². The molecule has 0 aromatic carbocycles. The molecule has 0 unspecified atom stereocenters. The molecule has 116 valence electrons. The molecule has 0 N–H and O–H groups in total. The maximum absolute atomic E-state index is 12.0. The average molecular weight is 357 g/mol.